The zero-order valence-electron chi connectivity index (χ0n) is 11.9. The second kappa shape index (κ2) is 5.59. The van der Waals surface area contributed by atoms with E-state index in [-0.39, 0.29) is 0 Å². The van der Waals surface area contributed by atoms with Crippen LogP contribution >= 0.6 is 0 Å². The number of rotatable bonds is 3. The molecule has 1 N–H and O–H groups in total. The van der Waals surface area contributed by atoms with Crippen LogP contribution in [0.1, 0.15) is 63.2 Å². The summed E-state index contributed by atoms with van der Waals surface area (Å²) in [5.41, 5.74) is 0. The Morgan fingerprint density at radius 3 is 2.95 bits per heavy atom. The molecule has 0 bridgehead atoms. The lowest BCUT2D eigenvalue weighted by Gasteiger charge is -2.25. The largest absolute Gasteiger partial charge is 0.339 e. The molecule has 3 heterocycles. The molecule has 3 rings (SSSR count). The van der Waals surface area contributed by atoms with E-state index in [1.807, 2.05) is 0 Å². The minimum atomic E-state index is 0.356. The molecule has 5 heteroatoms. The number of nitrogens with one attached hydrogen (secondary N) is 1. The van der Waals surface area contributed by atoms with Gasteiger partial charge in [0, 0.05) is 12.6 Å². The van der Waals surface area contributed by atoms with Crippen molar-refractivity contribution >= 4 is 0 Å². The molecule has 5 nitrogen and oxygen atoms in total. The first-order valence-electron chi connectivity index (χ1n) is 7.55. The number of piperidine rings is 1. The van der Waals surface area contributed by atoms with E-state index in [2.05, 4.69) is 34.2 Å². The Morgan fingerprint density at radius 1 is 1.32 bits per heavy atom. The predicted octanol–water partition coefficient (Wildman–Crippen LogP) is 2.08. The molecular formula is C14H24N4O. The summed E-state index contributed by atoms with van der Waals surface area (Å²) in [6.07, 6.45) is 4.74. The van der Waals surface area contributed by atoms with E-state index in [0.29, 0.717) is 18.0 Å². The molecule has 0 spiro atoms. The summed E-state index contributed by atoms with van der Waals surface area (Å²) in [4.78, 5) is 7.17. The number of hydrogen-bond acceptors (Lipinski definition) is 5. The van der Waals surface area contributed by atoms with Crippen molar-refractivity contribution in [2.24, 2.45) is 0 Å². The highest BCUT2D eigenvalue weighted by Crippen LogP contribution is 2.33. The molecule has 19 heavy (non-hydrogen) atoms. The zero-order chi connectivity index (χ0) is 13.2. The summed E-state index contributed by atoms with van der Waals surface area (Å²) in [7, 11) is 0. The molecule has 106 valence electrons. The van der Waals surface area contributed by atoms with Crippen LogP contribution in [0.15, 0.2) is 4.52 Å². The van der Waals surface area contributed by atoms with E-state index < -0.39 is 0 Å². The number of hydrogen-bond donors (Lipinski definition) is 1. The molecule has 0 aliphatic carbocycles. The molecular weight excluding hydrogens is 240 g/mol. The van der Waals surface area contributed by atoms with Gasteiger partial charge < -0.3 is 9.84 Å². The van der Waals surface area contributed by atoms with Crippen LogP contribution in [0.2, 0.25) is 0 Å². The molecule has 0 aromatic carbocycles. The summed E-state index contributed by atoms with van der Waals surface area (Å²) < 4.78 is 5.52. The molecule has 2 aliphatic rings. The Labute approximate surface area is 114 Å². The molecule has 2 atom stereocenters. The zero-order valence-corrected chi connectivity index (χ0v) is 11.9. The van der Waals surface area contributed by atoms with Crippen molar-refractivity contribution in [3.63, 3.8) is 0 Å². The van der Waals surface area contributed by atoms with Gasteiger partial charge in [-0.3, -0.25) is 4.90 Å². The van der Waals surface area contributed by atoms with Crippen LogP contribution < -0.4 is 5.32 Å². The summed E-state index contributed by atoms with van der Waals surface area (Å²) in [6.45, 7) is 7.72. The molecule has 0 saturated carbocycles. The third-order valence-corrected chi connectivity index (χ3v) is 4.36. The lowest BCUT2D eigenvalue weighted by atomic mass is 10.00. The molecule has 2 unspecified atom stereocenters. The molecule has 1 aromatic heterocycles. The highest BCUT2D eigenvalue weighted by Gasteiger charge is 2.32. The first-order valence-corrected chi connectivity index (χ1v) is 7.55. The Bertz CT molecular complexity index is 411. The van der Waals surface area contributed by atoms with E-state index >= 15 is 0 Å². The number of aromatic nitrogens is 2. The second-order valence-corrected chi connectivity index (χ2v) is 6.02. The van der Waals surface area contributed by atoms with Crippen LogP contribution in [0.4, 0.5) is 0 Å². The van der Waals surface area contributed by atoms with Crippen molar-refractivity contribution in [3.8, 4) is 0 Å². The summed E-state index contributed by atoms with van der Waals surface area (Å²) in [5.74, 6) is 2.13. The van der Waals surface area contributed by atoms with Gasteiger partial charge in [-0.05, 0) is 52.6 Å². The van der Waals surface area contributed by atoms with Crippen molar-refractivity contribution in [1.82, 2.24) is 20.4 Å². The lowest BCUT2D eigenvalue weighted by molar-refractivity contribution is 0.195. The lowest BCUT2D eigenvalue weighted by Crippen LogP contribution is -2.31. The highest BCUT2D eigenvalue weighted by atomic mass is 16.5. The fourth-order valence-corrected chi connectivity index (χ4v) is 3.30. The first-order chi connectivity index (χ1) is 9.25. The van der Waals surface area contributed by atoms with Crippen LogP contribution in [0.5, 0.6) is 0 Å². The molecule has 0 amide bonds. The Balaban J connectivity index is 1.73. The summed E-state index contributed by atoms with van der Waals surface area (Å²) >= 11 is 0. The van der Waals surface area contributed by atoms with Gasteiger partial charge in [0.05, 0.1) is 12.0 Å². The van der Waals surface area contributed by atoms with Crippen LogP contribution in [0.3, 0.4) is 0 Å². The van der Waals surface area contributed by atoms with E-state index in [0.717, 1.165) is 44.2 Å². The van der Waals surface area contributed by atoms with E-state index in [9.17, 15) is 0 Å². The molecule has 2 saturated heterocycles. The maximum Gasteiger partial charge on any atom is 0.231 e. The summed E-state index contributed by atoms with van der Waals surface area (Å²) in [6, 6.07) is 0.903. The van der Waals surface area contributed by atoms with Gasteiger partial charge in [-0.2, -0.15) is 4.98 Å². The number of nitrogens with zero attached hydrogens (tertiary/aromatic N) is 3. The van der Waals surface area contributed by atoms with Crippen LogP contribution in [-0.2, 0) is 0 Å². The van der Waals surface area contributed by atoms with E-state index in [4.69, 9.17) is 4.52 Å². The Morgan fingerprint density at radius 2 is 2.21 bits per heavy atom. The van der Waals surface area contributed by atoms with Gasteiger partial charge >= 0.3 is 0 Å². The average molecular weight is 264 g/mol. The van der Waals surface area contributed by atoms with Gasteiger partial charge in [0.15, 0.2) is 5.82 Å². The monoisotopic (exact) mass is 264 g/mol. The smallest absolute Gasteiger partial charge is 0.231 e. The third kappa shape index (κ3) is 2.67. The van der Waals surface area contributed by atoms with Gasteiger partial charge in [-0.25, -0.2) is 0 Å². The summed E-state index contributed by atoms with van der Waals surface area (Å²) in [5, 5.41) is 7.65. The van der Waals surface area contributed by atoms with Gasteiger partial charge in [0.1, 0.15) is 0 Å². The number of likely N-dealkylation sites (tertiary alicyclic amines) is 1. The van der Waals surface area contributed by atoms with Crippen molar-refractivity contribution in [1.29, 1.82) is 0 Å². The van der Waals surface area contributed by atoms with Gasteiger partial charge in [-0.1, -0.05) is 5.16 Å². The Kier molecular flexibility index (Phi) is 3.84. The quantitative estimate of drug-likeness (QED) is 0.906. The van der Waals surface area contributed by atoms with Crippen LogP contribution in [0.25, 0.3) is 0 Å². The van der Waals surface area contributed by atoms with Gasteiger partial charge in [-0.15, -0.1) is 0 Å². The fraction of sp³-hybridized carbons (Fsp3) is 0.857. The van der Waals surface area contributed by atoms with E-state index in [1.54, 1.807) is 0 Å². The third-order valence-electron chi connectivity index (χ3n) is 4.36. The van der Waals surface area contributed by atoms with Gasteiger partial charge in [0.2, 0.25) is 5.89 Å². The van der Waals surface area contributed by atoms with Crippen molar-refractivity contribution in [2.75, 3.05) is 19.6 Å². The topological polar surface area (TPSA) is 54.2 Å². The minimum absolute atomic E-state index is 0.356. The van der Waals surface area contributed by atoms with E-state index in [1.165, 1.54) is 12.8 Å². The maximum atomic E-state index is 5.52. The fourth-order valence-electron chi connectivity index (χ4n) is 3.30. The van der Waals surface area contributed by atoms with Crippen LogP contribution in [-0.4, -0.2) is 40.7 Å². The minimum Gasteiger partial charge on any atom is -0.339 e. The first kappa shape index (κ1) is 13.1. The predicted molar refractivity (Wildman–Crippen MR) is 73.0 cm³/mol. The van der Waals surface area contributed by atoms with Crippen molar-refractivity contribution in [2.45, 2.75) is 57.5 Å². The Hall–Kier alpha value is -0.940. The molecule has 0 radical (unpaired) electrons. The normalized spacial score (nSPS) is 29.2. The maximum absolute atomic E-state index is 5.52. The van der Waals surface area contributed by atoms with Crippen LogP contribution in [0, 0.1) is 0 Å². The van der Waals surface area contributed by atoms with Crippen molar-refractivity contribution in [3.05, 3.63) is 11.7 Å². The molecule has 2 fully saturated rings. The standard InChI is InChI=1S/C14H24N4O/c1-10(2)18-8-4-6-12(18)13-16-14(19-17-13)11-5-3-7-15-9-11/h10-12,15H,3-9H2,1-2H3. The highest BCUT2D eigenvalue weighted by molar-refractivity contribution is 5.02. The molecule has 1 aromatic rings. The second-order valence-electron chi connectivity index (χ2n) is 6.02. The van der Waals surface area contributed by atoms with Crippen molar-refractivity contribution < 1.29 is 4.52 Å². The average Bonchev–Trinajstić information content (AvgIpc) is 3.08. The van der Waals surface area contributed by atoms with Gasteiger partial charge in [0.25, 0.3) is 0 Å². The SMILES string of the molecule is CC(C)N1CCCC1c1noc(C2CCCNC2)n1. The molecule has 2 aliphatic heterocycles.